The average Bonchev–Trinajstić information content (AvgIpc) is 2.72. The molecule has 1 unspecified atom stereocenters. The molecule has 1 saturated heterocycles. The largest absolute Gasteiger partial charge is 0.375 e. The zero-order valence-corrected chi connectivity index (χ0v) is 9.04. The lowest BCUT2D eigenvalue weighted by atomic mass is 9.89. The van der Waals surface area contributed by atoms with E-state index in [9.17, 15) is 0 Å². The van der Waals surface area contributed by atoms with Crippen molar-refractivity contribution in [3.05, 3.63) is 24.4 Å². The lowest BCUT2D eigenvalue weighted by Gasteiger charge is -2.31. The van der Waals surface area contributed by atoms with Gasteiger partial charge in [-0.2, -0.15) is 0 Å². The molecular formula is C13H21N. The minimum Gasteiger partial charge on any atom is -0.375 e. The topological polar surface area (TPSA) is 3.24 Å². The molecule has 0 radical (unpaired) electrons. The first-order chi connectivity index (χ1) is 6.92. The third kappa shape index (κ3) is 2.02. The molecule has 0 aromatic rings. The summed E-state index contributed by atoms with van der Waals surface area (Å²) < 4.78 is 0. The Morgan fingerprint density at radius 2 is 2.14 bits per heavy atom. The van der Waals surface area contributed by atoms with Gasteiger partial charge in [-0.3, -0.25) is 0 Å². The van der Waals surface area contributed by atoms with E-state index >= 15 is 0 Å². The molecule has 2 aliphatic rings. The minimum atomic E-state index is 0.777. The summed E-state index contributed by atoms with van der Waals surface area (Å²) in [4.78, 5) is 2.60. The Bertz CT molecular complexity index is 223. The van der Waals surface area contributed by atoms with Crippen molar-refractivity contribution in [1.29, 1.82) is 0 Å². The van der Waals surface area contributed by atoms with Gasteiger partial charge in [0.2, 0.25) is 0 Å². The molecule has 1 fully saturated rings. The molecule has 1 atom stereocenters. The van der Waals surface area contributed by atoms with E-state index in [-0.39, 0.29) is 0 Å². The van der Waals surface area contributed by atoms with Gasteiger partial charge in [0, 0.05) is 24.7 Å². The molecule has 1 heteroatoms. The Balaban J connectivity index is 2.04. The molecular weight excluding hydrogens is 170 g/mol. The summed E-state index contributed by atoms with van der Waals surface area (Å²) in [7, 11) is 0. The smallest absolute Gasteiger partial charge is 0.0175 e. The zero-order chi connectivity index (χ0) is 9.80. The Hall–Kier alpha value is -0.720. The molecule has 1 aliphatic carbocycles. The van der Waals surface area contributed by atoms with E-state index in [1.165, 1.54) is 51.6 Å². The molecule has 0 aromatic heterocycles. The third-order valence-electron chi connectivity index (χ3n) is 3.45. The highest BCUT2D eigenvalue weighted by Crippen LogP contribution is 2.32. The second-order valence-corrected chi connectivity index (χ2v) is 4.48. The van der Waals surface area contributed by atoms with Crippen molar-refractivity contribution in [2.24, 2.45) is 5.92 Å². The van der Waals surface area contributed by atoms with Crippen molar-refractivity contribution in [2.75, 3.05) is 13.1 Å². The molecule has 2 rings (SSSR count). The first kappa shape index (κ1) is 9.82. The third-order valence-corrected chi connectivity index (χ3v) is 3.45. The SMILES string of the molecule is C=CCC1CCCC=C1N1CCCC1. The summed E-state index contributed by atoms with van der Waals surface area (Å²) in [6.07, 6.45) is 12.5. The van der Waals surface area contributed by atoms with Gasteiger partial charge in [-0.15, -0.1) is 6.58 Å². The van der Waals surface area contributed by atoms with Crippen LogP contribution in [0.3, 0.4) is 0 Å². The molecule has 1 aliphatic heterocycles. The van der Waals surface area contributed by atoms with E-state index in [0.29, 0.717) is 0 Å². The monoisotopic (exact) mass is 191 g/mol. The van der Waals surface area contributed by atoms with Crippen LogP contribution in [0.4, 0.5) is 0 Å². The first-order valence-electron chi connectivity index (χ1n) is 5.97. The van der Waals surface area contributed by atoms with Crippen molar-refractivity contribution in [2.45, 2.75) is 38.5 Å². The molecule has 78 valence electrons. The van der Waals surface area contributed by atoms with Crippen LogP contribution in [0.25, 0.3) is 0 Å². The molecule has 1 heterocycles. The molecule has 0 aromatic carbocycles. The van der Waals surface area contributed by atoms with Crippen LogP contribution >= 0.6 is 0 Å². The highest BCUT2D eigenvalue weighted by atomic mass is 15.2. The van der Waals surface area contributed by atoms with Gasteiger partial charge in [-0.05, 0) is 38.5 Å². The fourth-order valence-corrected chi connectivity index (χ4v) is 2.73. The van der Waals surface area contributed by atoms with E-state index in [0.717, 1.165) is 5.92 Å². The minimum absolute atomic E-state index is 0.777. The maximum atomic E-state index is 3.87. The molecule has 0 N–H and O–H groups in total. The van der Waals surface area contributed by atoms with E-state index in [4.69, 9.17) is 0 Å². The van der Waals surface area contributed by atoms with Crippen molar-refractivity contribution in [3.8, 4) is 0 Å². The predicted octanol–water partition coefficient (Wildman–Crippen LogP) is 3.34. The Morgan fingerprint density at radius 1 is 1.36 bits per heavy atom. The second kappa shape index (κ2) is 4.68. The fourth-order valence-electron chi connectivity index (χ4n) is 2.73. The van der Waals surface area contributed by atoms with Crippen LogP contribution in [0.1, 0.15) is 38.5 Å². The van der Waals surface area contributed by atoms with E-state index < -0.39 is 0 Å². The van der Waals surface area contributed by atoms with Crippen LogP contribution in [-0.4, -0.2) is 18.0 Å². The normalized spacial score (nSPS) is 27.6. The summed E-state index contributed by atoms with van der Waals surface area (Å²) in [5, 5.41) is 0. The molecule has 0 saturated carbocycles. The van der Waals surface area contributed by atoms with Gasteiger partial charge in [-0.25, -0.2) is 0 Å². The molecule has 0 amide bonds. The standard InChI is InChI=1S/C13H21N/c1-2-7-12-8-3-4-9-13(12)14-10-5-6-11-14/h2,9,12H,1,3-8,10-11H2. The van der Waals surface area contributed by atoms with Gasteiger partial charge in [-0.1, -0.05) is 12.2 Å². The highest BCUT2D eigenvalue weighted by molar-refractivity contribution is 5.11. The number of likely N-dealkylation sites (tertiary alicyclic amines) is 1. The number of allylic oxidation sites excluding steroid dienone is 3. The predicted molar refractivity (Wildman–Crippen MR) is 61.0 cm³/mol. The highest BCUT2D eigenvalue weighted by Gasteiger charge is 2.23. The number of nitrogens with zero attached hydrogens (tertiary/aromatic N) is 1. The van der Waals surface area contributed by atoms with E-state index in [1.807, 2.05) is 0 Å². The van der Waals surface area contributed by atoms with Crippen molar-refractivity contribution < 1.29 is 0 Å². The Morgan fingerprint density at radius 3 is 2.86 bits per heavy atom. The summed E-state index contributed by atoms with van der Waals surface area (Å²) in [5.41, 5.74) is 1.63. The summed E-state index contributed by atoms with van der Waals surface area (Å²) in [5.74, 6) is 0.777. The van der Waals surface area contributed by atoms with Gasteiger partial charge in [0.25, 0.3) is 0 Å². The van der Waals surface area contributed by atoms with Crippen molar-refractivity contribution in [3.63, 3.8) is 0 Å². The summed E-state index contributed by atoms with van der Waals surface area (Å²) >= 11 is 0. The van der Waals surface area contributed by atoms with Crippen LogP contribution < -0.4 is 0 Å². The fraction of sp³-hybridized carbons (Fsp3) is 0.692. The summed E-state index contributed by atoms with van der Waals surface area (Å²) in [6, 6.07) is 0. The Kier molecular flexibility index (Phi) is 3.28. The lowest BCUT2D eigenvalue weighted by Crippen LogP contribution is -2.26. The molecule has 14 heavy (non-hydrogen) atoms. The molecule has 0 bridgehead atoms. The number of rotatable bonds is 3. The maximum absolute atomic E-state index is 3.87. The van der Waals surface area contributed by atoms with Crippen LogP contribution in [0.15, 0.2) is 24.4 Å². The number of hydrogen-bond acceptors (Lipinski definition) is 1. The summed E-state index contributed by atoms with van der Waals surface area (Å²) in [6.45, 7) is 6.45. The second-order valence-electron chi connectivity index (χ2n) is 4.48. The van der Waals surface area contributed by atoms with Crippen molar-refractivity contribution in [1.82, 2.24) is 4.90 Å². The molecule has 1 nitrogen and oxygen atoms in total. The van der Waals surface area contributed by atoms with Gasteiger partial charge in [0.1, 0.15) is 0 Å². The van der Waals surface area contributed by atoms with Gasteiger partial charge in [0.05, 0.1) is 0 Å². The number of hydrogen-bond donors (Lipinski definition) is 0. The Labute approximate surface area is 87.5 Å². The van der Waals surface area contributed by atoms with Crippen LogP contribution in [0, 0.1) is 5.92 Å². The van der Waals surface area contributed by atoms with Crippen molar-refractivity contribution >= 4 is 0 Å². The van der Waals surface area contributed by atoms with Gasteiger partial charge < -0.3 is 4.90 Å². The average molecular weight is 191 g/mol. The van der Waals surface area contributed by atoms with Crippen LogP contribution in [0.2, 0.25) is 0 Å². The van der Waals surface area contributed by atoms with Gasteiger partial charge >= 0.3 is 0 Å². The van der Waals surface area contributed by atoms with Crippen LogP contribution in [0.5, 0.6) is 0 Å². The van der Waals surface area contributed by atoms with Gasteiger partial charge in [0.15, 0.2) is 0 Å². The van der Waals surface area contributed by atoms with E-state index in [1.54, 1.807) is 5.70 Å². The maximum Gasteiger partial charge on any atom is 0.0175 e. The molecule has 0 spiro atoms. The lowest BCUT2D eigenvalue weighted by molar-refractivity contribution is 0.332. The quantitative estimate of drug-likeness (QED) is 0.618. The van der Waals surface area contributed by atoms with E-state index in [2.05, 4.69) is 23.6 Å². The first-order valence-corrected chi connectivity index (χ1v) is 5.97. The van der Waals surface area contributed by atoms with Crippen LogP contribution in [-0.2, 0) is 0 Å². The zero-order valence-electron chi connectivity index (χ0n) is 9.04.